The van der Waals surface area contributed by atoms with E-state index in [4.69, 9.17) is 0 Å². The van der Waals surface area contributed by atoms with Crippen LogP contribution in [0, 0.1) is 0 Å². The van der Waals surface area contributed by atoms with Crippen LogP contribution in [0.1, 0.15) is 30.7 Å². The fourth-order valence-corrected chi connectivity index (χ4v) is 2.76. The van der Waals surface area contributed by atoms with Crippen LogP contribution in [0.3, 0.4) is 0 Å². The van der Waals surface area contributed by atoms with Gasteiger partial charge in [-0.25, -0.2) is 4.98 Å². The average molecular weight is 255 g/mol. The SMILES string of the molecule is c1ccc(NCCCn2cnc3c2CCCC3)cc1. The maximum absolute atomic E-state index is 4.54. The Hall–Kier alpha value is -1.77. The van der Waals surface area contributed by atoms with Gasteiger partial charge in [0.1, 0.15) is 0 Å². The Labute approximate surface area is 114 Å². The van der Waals surface area contributed by atoms with Crippen LogP contribution in [0.15, 0.2) is 36.7 Å². The van der Waals surface area contributed by atoms with Crippen molar-refractivity contribution in [2.45, 2.75) is 38.6 Å². The molecule has 3 nitrogen and oxygen atoms in total. The molecule has 0 saturated carbocycles. The molecule has 0 unspecified atom stereocenters. The maximum Gasteiger partial charge on any atom is 0.0951 e. The Kier molecular flexibility index (Phi) is 3.82. The van der Waals surface area contributed by atoms with E-state index in [1.165, 1.54) is 42.8 Å². The average Bonchev–Trinajstić information content (AvgIpc) is 2.88. The molecule has 0 aliphatic heterocycles. The molecule has 0 fully saturated rings. The molecule has 0 bridgehead atoms. The van der Waals surface area contributed by atoms with Gasteiger partial charge in [0.25, 0.3) is 0 Å². The summed E-state index contributed by atoms with van der Waals surface area (Å²) in [6.07, 6.45) is 8.17. The molecule has 1 heterocycles. The number of nitrogens with zero attached hydrogens (tertiary/aromatic N) is 2. The van der Waals surface area contributed by atoms with E-state index in [-0.39, 0.29) is 0 Å². The third-order valence-corrected chi connectivity index (χ3v) is 3.79. The van der Waals surface area contributed by atoms with Crippen LogP contribution in [0.2, 0.25) is 0 Å². The number of para-hydroxylation sites is 1. The van der Waals surface area contributed by atoms with E-state index in [0.717, 1.165) is 19.5 Å². The molecule has 0 atom stereocenters. The summed E-state index contributed by atoms with van der Waals surface area (Å²) in [5.41, 5.74) is 4.02. The number of imidazole rings is 1. The highest BCUT2D eigenvalue weighted by atomic mass is 15.1. The van der Waals surface area contributed by atoms with Crippen LogP contribution in [-0.2, 0) is 19.4 Å². The largest absolute Gasteiger partial charge is 0.385 e. The monoisotopic (exact) mass is 255 g/mol. The zero-order valence-electron chi connectivity index (χ0n) is 11.3. The van der Waals surface area contributed by atoms with Crippen molar-refractivity contribution in [2.75, 3.05) is 11.9 Å². The first-order chi connectivity index (χ1) is 9.43. The second kappa shape index (κ2) is 5.91. The molecular weight excluding hydrogens is 234 g/mol. The summed E-state index contributed by atoms with van der Waals surface area (Å²) >= 11 is 0. The van der Waals surface area contributed by atoms with Crippen molar-refractivity contribution in [1.29, 1.82) is 0 Å². The lowest BCUT2D eigenvalue weighted by molar-refractivity contribution is 0.590. The summed E-state index contributed by atoms with van der Waals surface area (Å²) in [6, 6.07) is 10.4. The Balaban J connectivity index is 1.49. The number of fused-ring (bicyclic) bond motifs is 1. The number of hydrogen-bond donors (Lipinski definition) is 1. The molecule has 3 rings (SSSR count). The number of hydrogen-bond acceptors (Lipinski definition) is 2. The van der Waals surface area contributed by atoms with Gasteiger partial charge in [0, 0.05) is 24.5 Å². The third-order valence-electron chi connectivity index (χ3n) is 3.79. The normalized spacial score (nSPS) is 14.1. The fraction of sp³-hybridized carbons (Fsp3) is 0.438. The van der Waals surface area contributed by atoms with Gasteiger partial charge in [0.05, 0.1) is 12.0 Å². The zero-order valence-corrected chi connectivity index (χ0v) is 11.3. The maximum atomic E-state index is 4.54. The molecule has 0 radical (unpaired) electrons. The topological polar surface area (TPSA) is 29.9 Å². The molecule has 19 heavy (non-hydrogen) atoms. The molecule has 0 spiro atoms. The first-order valence-electron chi connectivity index (χ1n) is 7.25. The van der Waals surface area contributed by atoms with Crippen molar-refractivity contribution in [3.05, 3.63) is 48.0 Å². The molecular formula is C16H21N3. The predicted molar refractivity (Wildman–Crippen MR) is 78.4 cm³/mol. The fourth-order valence-electron chi connectivity index (χ4n) is 2.76. The Morgan fingerprint density at radius 3 is 2.84 bits per heavy atom. The Bertz CT molecular complexity index is 516. The summed E-state index contributed by atoms with van der Waals surface area (Å²) in [5, 5.41) is 3.45. The van der Waals surface area contributed by atoms with Gasteiger partial charge in [-0.05, 0) is 44.2 Å². The van der Waals surface area contributed by atoms with E-state index in [9.17, 15) is 0 Å². The molecule has 1 aliphatic carbocycles. The zero-order chi connectivity index (χ0) is 12.9. The van der Waals surface area contributed by atoms with Gasteiger partial charge in [-0.2, -0.15) is 0 Å². The number of rotatable bonds is 5. The molecule has 1 aromatic carbocycles. The summed E-state index contributed by atoms with van der Waals surface area (Å²) in [4.78, 5) is 4.54. The van der Waals surface area contributed by atoms with Gasteiger partial charge >= 0.3 is 0 Å². The van der Waals surface area contributed by atoms with Crippen LogP contribution in [0.25, 0.3) is 0 Å². The number of anilines is 1. The summed E-state index contributed by atoms with van der Waals surface area (Å²) in [6.45, 7) is 2.08. The molecule has 1 N–H and O–H groups in total. The van der Waals surface area contributed by atoms with E-state index in [2.05, 4.69) is 39.1 Å². The molecule has 1 aromatic heterocycles. The van der Waals surface area contributed by atoms with E-state index >= 15 is 0 Å². The molecule has 0 saturated heterocycles. The van der Waals surface area contributed by atoms with Crippen LogP contribution in [0.4, 0.5) is 5.69 Å². The first-order valence-corrected chi connectivity index (χ1v) is 7.25. The highest BCUT2D eigenvalue weighted by Crippen LogP contribution is 2.19. The summed E-state index contributed by atoms with van der Waals surface area (Å²) in [5.74, 6) is 0. The number of benzene rings is 1. The molecule has 0 amide bonds. The van der Waals surface area contributed by atoms with Crippen LogP contribution < -0.4 is 5.32 Å². The van der Waals surface area contributed by atoms with Crippen LogP contribution in [0.5, 0.6) is 0 Å². The standard InChI is InChI=1S/C16H21N3/c1-2-7-14(8-3-1)17-11-6-12-19-13-18-15-9-4-5-10-16(15)19/h1-3,7-8,13,17H,4-6,9-12H2. The Morgan fingerprint density at radius 2 is 1.95 bits per heavy atom. The molecule has 3 heteroatoms. The lowest BCUT2D eigenvalue weighted by Gasteiger charge is -2.14. The minimum atomic E-state index is 1.01. The predicted octanol–water partition coefficient (Wildman–Crippen LogP) is 3.26. The molecule has 1 aliphatic rings. The smallest absolute Gasteiger partial charge is 0.0951 e. The molecule has 2 aromatic rings. The van der Waals surface area contributed by atoms with Gasteiger partial charge in [0.2, 0.25) is 0 Å². The molecule has 100 valence electrons. The van der Waals surface area contributed by atoms with Gasteiger partial charge in [-0.3, -0.25) is 0 Å². The lowest BCUT2D eigenvalue weighted by atomic mass is 10.0. The van der Waals surface area contributed by atoms with Gasteiger partial charge < -0.3 is 9.88 Å². The van der Waals surface area contributed by atoms with Crippen molar-refractivity contribution < 1.29 is 0 Å². The number of aromatic nitrogens is 2. The second-order valence-electron chi connectivity index (χ2n) is 5.18. The third kappa shape index (κ3) is 2.98. The second-order valence-corrected chi connectivity index (χ2v) is 5.18. The summed E-state index contributed by atoms with van der Waals surface area (Å²) < 4.78 is 2.35. The van der Waals surface area contributed by atoms with Crippen molar-refractivity contribution in [3.8, 4) is 0 Å². The van der Waals surface area contributed by atoms with Crippen molar-refractivity contribution in [3.63, 3.8) is 0 Å². The van der Waals surface area contributed by atoms with Gasteiger partial charge in [-0.1, -0.05) is 18.2 Å². The van der Waals surface area contributed by atoms with E-state index in [0.29, 0.717) is 0 Å². The van der Waals surface area contributed by atoms with Gasteiger partial charge in [-0.15, -0.1) is 0 Å². The van der Waals surface area contributed by atoms with E-state index in [1.54, 1.807) is 0 Å². The quantitative estimate of drug-likeness (QED) is 0.831. The number of nitrogens with one attached hydrogen (secondary N) is 1. The van der Waals surface area contributed by atoms with E-state index < -0.39 is 0 Å². The van der Waals surface area contributed by atoms with Gasteiger partial charge in [0.15, 0.2) is 0 Å². The highest BCUT2D eigenvalue weighted by molar-refractivity contribution is 5.42. The van der Waals surface area contributed by atoms with Crippen molar-refractivity contribution >= 4 is 5.69 Å². The Morgan fingerprint density at radius 1 is 1.11 bits per heavy atom. The minimum Gasteiger partial charge on any atom is -0.385 e. The van der Waals surface area contributed by atoms with Crippen molar-refractivity contribution in [1.82, 2.24) is 9.55 Å². The van der Waals surface area contributed by atoms with Crippen LogP contribution >= 0.6 is 0 Å². The lowest BCUT2D eigenvalue weighted by Crippen LogP contribution is -2.11. The van der Waals surface area contributed by atoms with E-state index in [1.807, 2.05) is 12.4 Å². The highest BCUT2D eigenvalue weighted by Gasteiger charge is 2.14. The number of aryl methyl sites for hydroxylation is 2. The van der Waals surface area contributed by atoms with Crippen molar-refractivity contribution in [2.24, 2.45) is 0 Å². The summed E-state index contributed by atoms with van der Waals surface area (Å²) in [7, 11) is 0. The minimum absolute atomic E-state index is 1.01. The van der Waals surface area contributed by atoms with Crippen LogP contribution in [-0.4, -0.2) is 16.1 Å². The first kappa shape index (κ1) is 12.3.